The van der Waals surface area contributed by atoms with E-state index in [9.17, 15) is 13.2 Å². The molecule has 0 aliphatic carbocycles. The Kier molecular flexibility index (Phi) is 8.30. The quantitative estimate of drug-likeness (QED) is 0.326. The van der Waals surface area contributed by atoms with Crippen LogP contribution < -0.4 is 10.0 Å². The van der Waals surface area contributed by atoms with Crippen LogP contribution in [-0.4, -0.2) is 107 Å². The monoisotopic (exact) mass is 402 g/mol. The molecule has 27 heavy (non-hydrogen) atoms. The van der Waals surface area contributed by atoms with Gasteiger partial charge in [-0.3, -0.25) is 14.7 Å². The van der Waals surface area contributed by atoms with Gasteiger partial charge in [0.15, 0.2) is 5.96 Å². The minimum atomic E-state index is -3.13. The van der Waals surface area contributed by atoms with Crippen molar-refractivity contribution in [1.82, 2.24) is 24.7 Å². The number of carbonyl (C=O) groups excluding carboxylic acids is 1. The molecule has 2 saturated heterocycles. The predicted molar refractivity (Wildman–Crippen MR) is 107 cm³/mol. The zero-order valence-electron chi connectivity index (χ0n) is 16.8. The largest absolute Gasteiger partial charge is 0.356 e. The summed E-state index contributed by atoms with van der Waals surface area (Å²) < 4.78 is 24.6. The van der Waals surface area contributed by atoms with Gasteiger partial charge in [-0.05, 0) is 26.2 Å². The van der Waals surface area contributed by atoms with Gasteiger partial charge in [0.25, 0.3) is 0 Å². The Bertz CT molecular complexity index is 610. The van der Waals surface area contributed by atoms with Crippen LogP contribution in [0.4, 0.5) is 0 Å². The number of aliphatic imine (C=N–C) groups is 1. The van der Waals surface area contributed by atoms with Crippen LogP contribution in [0.15, 0.2) is 4.99 Å². The average Bonchev–Trinajstić information content (AvgIpc) is 3.17. The maximum Gasteiger partial charge on any atom is 0.239 e. The molecule has 2 N–H and O–H groups in total. The molecule has 0 saturated carbocycles. The van der Waals surface area contributed by atoms with Gasteiger partial charge >= 0.3 is 0 Å². The minimum Gasteiger partial charge on any atom is -0.356 e. The summed E-state index contributed by atoms with van der Waals surface area (Å²) in [6.45, 7) is 8.16. The van der Waals surface area contributed by atoms with Crippen molar-refractivity contribution in [2.24, 2.45) is 4.99 Å². The predicted octanol–water partition coefficient (Wildman–Crippen LogP) is -0.870. The van der Waals surface area contributed by atoms with E-state index in [0.717, 1.165) is 64.3 Å². The van der Waals surface area contributed by atoms with Crippen LogP contribution >= 0.6 is 0 Å². The van der Waals surface area contributed by atoms with E-state index in [1.54, 1.807) is 7.05 Å². The standard InChI is InChI=1S/C17H34N6O3S/c1-15(16(24)22-9-4-5-10-22)21-11-13-23(14-12-21)17(18-2)19-7-6-8-20-27(3,25)26/h15,20H,4-14H2,1-3H3,(H,18,19). The first-order valence-corrected chi connectivity index (χ1v) is 11.6. The first kappa shape index (κ1) is 21.9. The zero-order chi connectivity index (χ0) is 19.9. The molecule has 2 aliphatic heterocycles. The Morgan fingerprint density at radius 3 is 2.22 bits per heavy atom. The van der Waals surface area contributed by atoms with Crippen molar-refractivity contribution in [3.8, 4) is 0 Å². The number of nitrogens with zero attached hydrogens (tertiary/aromatic N) is 4. The maximum absolute atomic E-state index is 12.6. The Balaban J connectivity index is 1.72. The average molecular weight is 403 g/mol. The highest BCUT2D eigenvalue weighted by Gasteiger charge is 2.30. The number of nitrogens with one attached hydrogen (secondary N) is 2. The van der Waals surface area contributed by atoms with E-state index in [1.807, 2.05) is 11.8 Å². The molecule has 0 radical (unpaired) electrons. The second-order valence-electron chi connectivity index (χ2n) is 7.23. The second kappa shape index (κ2) is 10.2. The Hall–Kier alpha value is -1.39. The lowest BCUT2D eigenvalue weighted by Gasteiger charge is -2.39. The normalized spacial score (nSPS) is 20.8. The lowest BCUT2D eigenvalue weighted by Crippen LogP contribution is -2.57. The molecule has 0 aromatic heterocycles. The SMILES string of the molecule is CN=C(NCCCNS(C)(=O)=O)N1CCN(C(C)C(=O)N2CCCC2)CC1. The van der Waals surface area contributed by atoms with E-state index in [0.29, 0.717) is 19.5 Å². The number of guanidine groups is 1. The molecule has 1 atom stereocenters. The number of rotatable bonds is 7. The molecular weight excluding hydrogens is 368 g/mol. The van der Waals surface area contributed by atoms with Crippen molar-refractivity contribution in [3.05, 3.63) is 0 Å². The number of piperazine rings is 1. The topological polar surface area (TPSA) is 97.3 Å². The lowest BCUT2D eigenvalue weighted by molar-refractivity contribution is -0.135. The number of amides is 1. The molecule has 10 heteroatoms. The number of sulfonamides is 1. The van der Waals surface area contributed by atoms with Gasteiger partial charge in [0, 0.05) is 59.4 Å². The number of hydrogen-bond donors (Lipinski definition) is 2. The van der Waals surface area contributed by atoms with Gasteiger partial charge in [0.05, 0.1) is 12.3 Å². The molecule has 1 unspecified atom stereocenters. The smallest absolute Gasteiger partial charge is 0.239 e. The molecule has 9 nitrogen and oxygen atoms in total. The third kappa shape index (κ3) is 6.93. The summed E-state index contributed by atoms with van der Waals surface area (Å²) in [6.07, 6.45) is 4.09. The summed E-state index contributed by atoms with van der Waals surface area (Å²) in [5.41, 5.74) is 0. The van der Waals surface area contributed by atoms with Crippen LogP contribution in [0.5, 0.6) is 0 Å². The molecule has 2 fully saturated rings. The molecule has 2 rings (SSSR count). The van der Waals surface area contributed by atoms with Crippen LogP contribution in [0.2, 0.25) is 0 Å². The lowest BCUT2D eigenvalue weighted by atomic mass is 10.2. The fourth-order valence-electron chi connectivity index (χ4n) is 3.56. The fourth-order valence-corrected chi connectivity index (χ4v) is 4.07. The van der Waals surface area contributed by atoms with Gasteiger partial charge in [-0.15, -0.1) is 0 Å². The summed E-state index contributed by atoms with van der Waals surface area (Å²) in [6, 6.07) is -0.0673. The van der Waals surface area contributed by atoms with Crippen molar-refractivity contribution >= 4 is 21.9 Å². The first-order valence-electron chi connectivity index (χ1n) is 9.75. The Morgan fingerprint density at radius 1 is 1.04 bits per heavy atom. The van der Waals surface area contributed by atoms with Crippen LogP contribution in [-0.2, 0) is 14.8 Å². The molecule has 0 spiro atoms. The van der Waals surface area contributed by atoms with E-state index in [2.05, 4.69) is 24.8 Å². The minimum absolute atomic E-state index is 0.0673. The van der Waals surface area contributed by atoms with Crippen molar-refractivity contribution in [2.45, 2.75) is 32.2 Å². The third-order valence-electron chi connectivity index (χ3n) is 5.15. The Labute approximate surface area is 163 Å². The van der Waals surface area contributed by atoms with Gasteiger partial charge < -0.3 is 15.1 Å². The van der Waals surface area contributed by atoms with Crippen LogP contribution in [0.3, 0.4) is 0 Å². The van der Waals surface area contributed by atoms with E-state index < -0.39 is 10.0 Å². The zero-order valence-corrected chi connectivity index (χ0v) is 17.6. The number of hydrogen-bond acceptors (Lipinski definition) is 5. The molecule has 0 aromatic carbocycles. The Morgan fingerprint density at radius 2 is 1.67 bits per heavy atom. The van der Waals surface area contributed by atoms with Gasteiger partial charge in [-0.25, -0.2) is 13.1 Å². The van der Waals surface area contributed by atoms with Gasteiger partial charge in [-0.1, -0.05) is 0 Å². The molecule has 156 valence electrons. The molecule has 0 bridgehead atoms. The number of likely N-dealkylation sites (tertiary alicyclic amines) is 1. The van der Waals surface area contributed by atoms with E-state index >= 15 is 0 Å². The summed E-state index contributed by atoms with van der Waals surface area (Å²) in [5.74, 6) is 1.08. The van der Waals surface area contributed by atoms with Gasteiger partial charge in [-0.2, -0.15) is 0 Å². The fraction of sp³-hybridized carbons (Fsp3) is 0.882. The summed E-state index contributed by atoms with van der Waals surface area (Å²) >= 11 is 0. The van der Waals surface area contributed by atoms with Crippen molar-refractivity contribution in [1.29, 1.82) is 0 Å². The van der Waals surface area contributed by atoms with Crippen LogP contribution in [0.25, 0.3) is 0 Å². The first-order chi connectivity index (χ1) is 12.8. The third-order valence-corrected chi connectivity index (χ3v) is 5.88. The number of carbonyl (C=O) groups is 1. The highest BCUT2D eigenvalue weighted by Crippen LogP contribution is 2.14. The van der Waals surface area contributed by atoms with E-state index in [4.69, 9.17) is 0 Å². The molecule has 2 aliphatic rings. The molecular formula is C17H34N6O3S. The van der Waals surface area contributed by atoms with E-state index in [1.165, 1.54) is 0 Å². The van der Waals surface area contributed by atoms with Crippen molar-refractivity contribution in [3.63, 3.8) is 0 Å². The summed E-state index contributed by atoms with van der Waals surface area (Å²) in [5, 5.41) is 3.28. The van der Waals surface area contributed by atoms with Gasteiger partial charge in [0.2, 0.25) is 15.9 Å². The second-order valence-corrected chi connectivity index (χ2v) is 9.06. The van der Waals surface area contributed by atoms with Gasteiger partial charge in [0.1, 0.15) is 0 Å². The van der Waals surface area contributed by atoms with E-state index in [-0.39, 0.29) is 11.9 Å². The molecule has 0 aromatic rings. The van der Waals surface area contributed by atoms with Crippen LogP contribution in [0, 0.1) is 0 Å². The van der Waals surface area contributed by atoms with Crippen LogP contribution in [0.1, 0.15) is 26.2 Å². The maximum atomic E-state index is 12.6. The highest BCUT2D eigenvalue weighted by molar-refractivity contribution is 7.88. The molecule has 1 amide bonds. The summed E-state index contributed by atoms with van der Waals surface area (Å²) in [4.78, 5) is 23.3. The highest BCUT2D eigenvalue weighted by atomic mass is 32.2. The molecule has 2 heterocycles. The summed E-state index contributed by atoms with van der Waals surface area (Å²) in [7, 11) is -1.38. The van der Waals surface area contributed by atoms with Crippen molar-refractivity contribution in [2.75, 3.05) is 65.7 Å². The van der Waals surface area contributed by atoms with Crippen molar-refractivity contribution < 1.29 is 13.2 Å².